The van der Waals surface area contributed by atoms with Crippen molar-refractivity contribution in [2.24, 2.45) is 5.73 Å². The number of primary amides is 1. The molecular weight excluding hydrogens is 212 g/mol. The first-order chi connectivity index (χ1) is 7.66. The highest BCUT2D eigenvalue weighted by molar-refractivity contribution is 5.67. The van der Waals surface area contributed by atoms with Gasteiger partial charge in [-0.2, -0.15) is 0 Å². The van der Waals surface area contributed by atoms with E-state index in [2.05, 4.69) is 10.1 Å². The average Bonchev–Trinajstić information content (AvgIpc) is 2.23. The number of ether oxygens (including phenoxy) is 2. The van der Waals surface area contributed by atoms with Crippen LogP contribution in [0.4, 0.5) is 9.59 Å². The van der Waals surface area contributed by atoms with Crippen LogP contribution >= 0.6 is 0 Å². The van der Waals surface area contributed by atoms with Gasteiger partial charge < -0.3 is 20.5 Å². The Morgan fingerprint density at radius 2 is 1.88 bits per heavy atom. The van der Waals surface area contributed by atoms with Gasteiger partial charge in [0.15, 0.2) is 0 Å². The quantitative estimate of drug-likeness (QED) is 0.507. The predicted molar refractivity (Wildman–Crippen MR) is 58.9 cm³/mol. The summed E-state index contributed by atoms with van der Waals surface area (Å²) in [5.74, 6) is 0. The Kier molecular flexibility index (Phi) is 8.76. The largest absolute Gasteiger partial charge is 0.445 e. The highest BCUT2D eigenvalue weighted by Crippen LogP contribution is 1.85. The van der Waals surface area contributed by atoms with Crippen molar-refractivity contribution in [1.82, 2.24) is 5.32 Å². The number of hydrogen-bond donors (Lipinski definition) is 2. The van der Waals surface area contributed by atoms with Gasteiger partial charge in [-0.25, -0.2) is 9.59 Å². The third kappa shape index (κ3) is 10.4. The Hall–Kier alpha value is -1.72. The minimum atomic E-state index is -0.831. The Labute approximate surface area is 94.8 Å². The molecule has 0 aliphatic rings. The van der Waals surface area contributed by atoms with E-state index < -0.39 is 12.2 Å². The Balaban J connectivity index is 3.36. The van der Waals surface area contributed by atoms with E-state index in [1.54, 1.807) is 12.2 Å². The topological polar surface area (TPSA) is 90.7 Å². The van der Waals surface area contributed by atoms with E-state index in [0.29, 0.717) is 6.54 Å². The Morgan fingerprint density at radius 1 is 1.25 bits per heavy atom. The van der Waals surface area contributed by atoms with Gasteiger partial charge in [0.05, 0.1) is 0 Å². The molecule has 0 bridgehead atoms. The van der Waals surface area contributed by atoms with Crippen LogP contribution in [0.15, 0.2) is 12.2 Å². The van der Waals surface area contributed by atoms with E-state index >= 15 is 0 Å². The van der Waals surface area contributed by atoms with E-state index in [0.717, 1.165) is 12.8 Å². The summed E-state index contributed by atoms with van der Waals surface area (Å²) in [5, 5.41) is 2.59. The molecule has 0 heterocycles. The highest BCUT2D eigenvalue weighted by Gasteiger charge is 1.97. The highest BCUT2D eigenvalue weighted by atomic mass is 16.6. The molecule has 0 aromatic heterocycles. The van der Waals surface area contributed by atoms with Gasteiger partial charge in [-0.3, -0.25) is 0 Å². The summed E-state index contributed by atoms with van der Waals surface area (Å²) in [4.78, 5) is 21.1. The summed E-state index contributed by atoms with van der Waals surface area (Å²) in [6.45, 7) is 2.87. The molecule has 0 aliphatic carbocycles. The molecule has 0 aromatic rings. The first-order valence-electron chi connectivity index (χ1n) is 5.14. The van der Waals surface area contributed by atoms with Crippen LogP contribution in [0.5, 0.6) is 0 Å². The minimum Gasteiger partial charge on any atom is -0.445 e. The number of carbonyl (C=O) groups excluding carboxylic acids is 2. The van der Waals surface area contributed by atoms with Gasteiger partial charge >= 0.3 is 12.2 Å². The second-order valence-electron chi connectivity index (χ2n) is 2.98. The number of hydrogen-bond acceptors (Lipinski definition) is 4. The number of alkyl carbamates (subject to hydrolysis) is 1. The molecule has 92 valence electrons. The molecule has 16 heavy (non-hydrogen) atoms. The van der Waals surface area contributed by atoms with Gasteiger partial charge in [0.1, 0.15) is 13.2 Å². The lowest BCUT2D eigenvalue weighted by atomic mass is 10.3. The van der Waals surface area contributed by atoms with Gasteiger partial charge in [0.2, 0.25) is 0 Å². The lowest BCUT2D eigenvalue weighted by molar-refractivity contribution is 0.156. The molecule has 0 aliphatic heterocycles. The SMILES string of the molecule is CCCCNC(=O)OC/C=C/COC(N)=O. The van der Waals surface area contributed by atoms with E-state index in [1.165, 1.54) is 0 Å². The molecule has 0 atom stereocenters. The van der Waals surface area contributed by atoms with E-state index in [-0.39, 0.29) is 13.2 Å². The molecular formula is C10H18N2O4. The maximum Gasteiger partial charge on any atom is 0.407 e. The smallest absolute Gasteiger partial charge is 0.407 e. The second-order valence-corrected chi connectivity index (χ2v) is 2.98. The Morgan fingerprint density at radius 3 is 2.44 bits per heavy atom. The molecule has 0 aromatic carbocycles. The van der Waals surface area contributed by atoms with E-state index in [4.69, 9.17) is 10.5 Å². The molecule has 6 nitrogen and oxygen atoms in total. The molecule has 3 N–H and O–H groups in total. The number of nitrogens with two attached hydrogens (primary N) is 1. The number of amides is 2. The average molecular weight is 230 g/mol. The van der Waals surface area contributed by atoms with Crippen molar-refractivity contribution in [2.45, 2.75) is 19.8 Å². The summed E-state index contributed by atoms with van der Waals surface area (Å²) < 4.78 is 9.21. The molecule has 0 unspecified atom stereocenters. The fourth-order valence-electron chi connectivity index (χ4n) is 0.808. The van der Waals surface area contributed by atoms with Gasteiger partial charge in [-0.1, -0.05) is 13.3 Å². The van der Waals surface area contributed by atoms with E-state index in [1.807, 2.05) is 6.92 Å². The lowest BCUT2D eigenvalue weighted by Crippen LogP contribution is -2.25. The van der Waals surface area contributed by atoms with Crippen molar-refractivity contribution < 1.29 is 19.1 Å². The predicted octanol–water partition coefficient (Wildman–Crippen LogP) is 1.16. The van der Waals surface area contributed by atoms with Gasteiger partial charge in [-0.05, 0) is 18.6 Å². The number of rotatable bonds is 7. The summed E-state index contributed by atoms with van der Waals surface area (Å²) in [6.07, 6.45) is 3.78. The van der Waals surface area contributed by atoms with Crippen LogP contribution in [0.2, 0.25) is 0 Å². The molecule has 6 heteroatoms. The molecule has 0 spiro atoms. The molecule has 0 fully saturated rings. The van der Waals surface area contributed by atoms with Gasteiger partial charge in [-0.15, -0.1) is 0 Å². The minimum absolute atomic E-state index is 0.0795. The van der Waals surface area contributed by atoms with Crippen LogP contribution < -0.4 is 11.1 Å². The van der Waals surface area contributed by atoms with Crippen LogP contribution in [-0.4, -0.2) is 31.9 Å². The third-order valence-electron chi connectivity index (χ3n) is 1.60. The zero-order chi connectivity index (χ0) is 12.2. The van der Waals surface area contributed by atoms with Crippen molar-refractivity contribution in [1.29, 1.82) is 0 Å². The van der Waals surface area contributed by atoms with Crippen molar-refractivity contribution in [3.05, 3.63) is 12.2 Å². The molecule has 0 rings (SSSR count). The first kappa shape index (κ1) is 14.3. The first-order valence-corrected chi connectivity index (χ1v) is 5.14. The molecule has 0 saturated carbocycles. The van der Waals surface area contributed by atoms with Crippen molar-refractivity contribution in [2.75, 3.05) is 19.8 Å². The van der Waals surface area contributed by atoms with E-state index in [9.17, 15) is 9.59 Å². The maximum absolute atomic E-state index is 11.0. The summed E-state index contributed by atoms with van der Waals surface area (Å²) in [7, 11) is 0. The zero-order valence-corrected chi connectivity index (χ0v) is 9.40. The van der Waals surface area contributed by atoms with Gasteiger partial charge in [0.25, 0.3) is 0 Å². The maximum atomic E-state index is 11.0. The normalized spacial score (nSPS) is 10.1. The van der Waals surface area contributed by atoms with Crippen LogP contribution in [0.1, 0.15) is 19.8 Å². The van der Waals surface area contributed by atoms with Crippen LogP contribution in [0.25, 0.3) is 0 Å². The molecule has 0 saturated heterocycles. The molecule has 0 radical (unpaired) electrons. The fraction of sp³-hybridized carbons (Fsp3) is 0.600. The standard InChI is InChI=1S/C10H18N2O4/c1-2-3-6-12-10(14)16-8-5-4-7-15-9(11)13/h4-5H,2-3,6-8H2,1H3,(H2,11,13)(H,12,14)/b5-4+. The molecule has 2 amide bonds. The summed E-state index contributed by atoms with van der Waals surface area (Å²) in [5.41, 5.74) is 4.73. The second kappa shape index (κ2) is 9.82. The van der Waals surface area contributed by atoms with Crippen LogP contribution in [-0.2, 0) is 9.47 Å². The van der Waals surface area contributed by atoms with Crippen LogP contribution in [0, 0.1) is 0 Å². The lowest BCUT2D eigenvalue weighted by Gasteiger charge is -2.03. The van der Waals surface area contributed by atoms with Gasteiger partial charge in [0, 0.05) is 6.54 Å². The summed E-state index contributed by atoms with van der Waals surface area (Å²) in [6, 6.07) is 0. The Bertz CT molecular complexity index is 241. The fourth-order valence-corrected chi connectivity index (χ4v) is 0.808. The summed E-state index contributed by atoms with van der Waals surface area (Å²) >= 11 is 0. The zero-order valence-electron chi connectivity index (χ0n) is 9.40. The number of unbranched alkanes of at least 4 members (excludes halogenated alkanes) is 1. The van der Waals surface area contributed by atoms with Crippen molar-refractivity contribution in [3.8, 4) is 0 Å². The third-order valence-corrected chi connectivity index (χ3v) is 1.60. The van der Waals surface area contributed by atoms with Crippen molar-refractivity contribution in [3.63, 3.8) is 0 Å². The van der Waals surface area contributed by atoms with Crippen LogP contribution in [0.3, 0.4) is 0 Å². The number of carbonyl (C=O) groups is 2. The van der Waals surface area contributed by atoms with Crippen molar-refractivity contribution >= 4 is 12.2 Å². The monoisotopic (exact) mass is 230 g/mol. The number of nitrogens with one attached hydrogen (secondary N) is 1.